The van der Waals surface area contributed by atoms with Crippen LogP contribution in [0.3, 0.4) is 0 Å². The molecular formula is C12H24N2O6. The minimum absolute atomic E-state index is 0.0939. The van der Waals surface area contributed by atoms with Crippen molar-refractivity contribution >= 4 is 11.8 Å². The Kier molecular flexibility index (Phi) is 10.9. The minimum Gasteiger partial charge on any atom is -0.354 e. The number of ether oxygens (including phenoxy) is 4. The maximum atomic E-state index is 11.5. The van der Waals surface area contributed by atoms with Gasteiger partial charge in [-0.15, -0.1) is 0 Å². The lowest BCUT2D eigenvalue weighted by Crippen LogP contribution is -2.36. The van der Waals surface area contributed by atoms with Gasteiger partial charge in [-0.05, 0) is 0 Å². The van der Waals surface area contributed by atoms with Gasteiger partial charge >= 0.3 is 0 Å². The van der Waals surface area contributed by atoms with E-state index in [1.807, 2.05) is 0 Å². The maximum Gasteiger partial charge on any atom is 0.220 e. The van der Waals surface area contributed by atoms with Crippen molar-refractivity contribution in [1.82, 2.24) is 10.6 Å². The number of amides is 2. The third kappa shape index (κ3) is 8.81. The first-order chi connectivity index (χ1) is 9.57. The molecule has 2 amide bonds. The summed E-state index contributed by atoms with van der Waals surface area (Å²) in [5.41, 5.74) is 0. The van der Waals surface area contributed by atoms with Crippen molar-refractivity contribution in [3.05, 3.63) is 0 Å². The molecule has 0 aromatic carbocycles. The van der Waals surface area contributed by atoms with Crippen molar-refractivity contribution in [2.24, 2.45) is 0 Å². The molecule has 8 nitrogen and oxygen atoms in total. The van der Waals surface area contributed by atoms with Crippen LogP contribution in [0.1, 0.15) is 12.8 Å². The Labute approximate surface area is 119 Å². The van der Waals surface area contributed by atoms with E-state index in [0.29, 0.717) is 0 Å². The molecule has 0 bridgehead atoms. The van der Waals surface area contributed by atoms with Crippen LogP contribution in [0.4, 0.5) is 0 Å². The van der Waals surface area contributed by atoms with Gasteiger partial charge in [0.15, 0.2) is 12.6 Å². The second-order valence-electron chi connectivity index (χ2n) is 3.91. The molecule has 20 heavy (non-hydrogen) atoms. The zero-order valence-corrected chi connectivity index (χ0v) is 12.4. The van der Waals surface area contributed by atoms with Gasteiger partial charge in [-0.1, -0.05) is 0 Å². The molecule has 0 radical (unpaired) electrons. The van der Waals surface area contributed by atoms with Crippen LogP contribution in [0.25, 0.3) is 0 Å². The first kappa shape index (κ1) is 18.8. The highest BCUT2D eigenvalue weighted by Crippen LogP contribution is 1.93. The summed E-state index contributed by atoms with van der Waals surface area (Å²) >= 11 is 0. The first-order valence-electron chi connectivity index (χ1n) is 6.21. The molecule has 0 unspecified atom stereocenters. The quantitative estimate of drug-likeness (QED) is 0.486. The lowest BCUT2D eigenvalue weighted by Gasteiger charge is -2.15. The number of nitrogens with one attached hydrogen (secondary N) is 2. The molecule has 118 valence electrons. The smallest absolute Gasteiger partial charge is 0.220 e. The molecule has 0 spiro atoms. The fraction of sp³-hybridized carbons (Fsp3) is 0.833. The fourth-order valence-corrected chi connectivity index (χ4v) is 1.32. The molecule has 0 aliphatic carbocycles. The standard InChI is InChI=1S/C12H24N2O6/c1-17-11(18-2)7-13-9(15)5-6-10(16)14-8-12(19-3)20-4/h11-12H,5-8H2,1-4H3,(H,13,15)(H,14,16). The van der Waals surface area contributed by atoms with Crippen LogP contribution in [0.5, 0.6) is 0 Å². The van der Waals surface area contributed by atoms with Crippen molar-refractivity contribution in [2.45, 2.75) is 25.4 Å². The molecule has 8 heteroatoms. The van der Waals surface area contributed by atoms with Crippen LogP contribution in [0.15, 0.2) is 0 Å². The molecule has 0 saturated heterocycles. The van der Waals surface area contributed by atoms with Gasteiger partial charge < -0.3 is 29.6 Å². The predicted molar refractivity (Wildman–Crippen MR) is 70.9 cm³/mol. The van der Waals surface area contributed by atoms with E-state index < -0.39 is 12.6 Å². The van der Waals surface area contributed by atoms with Crippen molar-refractivity contribution in [3.8, 4) is 0 Å². The molecule has 0 rings (SSSR count). The van der Waals surface area contributed by atoms with Crippen molar-refractivity contribution in [3.63, 3.8) is 0 Å². The highest BCUT2D eigenvalue weighted by atomic mass is 16.7. The van der Waals surface area contributed by atoms with Crippen molar-refractivity contribution in [2.75, 3.05) is 41.5 Å². The number of hydrogen-bond acceptors (Lipinski definition) is 6. The molecule has 0 aliphatic rings. The molecule has 0 fully saturated rings. The summed E-state index contributed by atoms with van der Waals surface area (Å²) in [6.45, 7) is 0.478. The van der Waals surface area contributed by atoms with Gasteiger partial charge in [0.2, 0.25) is 11.8 Å². The van der Waals surface area contributed by atoms with Gasteiger partial charge in [0.05, 0.1) is 13.1 Å². The number of carbonyl (C=O) groups excluding carboxylic acids is 2. The van der Waals surface area contributed by atoms with Gasteiger partial charge in [0, 0.05) is 41.3 Å². The molecule has 0 saturated carbocycles. The Balaban J connectivity index is 3.75. The molecule has 0 atom stereocenters. The molecule has 0 aromatic heterocycles. The first-order valence-corrected chi connectivity index (χ1v) is 6.21. The second-order valence-corrected chi connectivity index (χ2v) is 3.91. The summed E-state index contributed by atoms with van der Waals surface area (Å²) in [6, 6.07) is 0. The normalized spacial score (nSPS) is 10.9. The van der Waals surface area contributed by atoms with E-state index in [9.17, 15) is 9.59 Å². The summed E-state index contributed by atoms with van der Waals surface area (Å²) in [5, 5.41) is 5.22. The minimum atomic E-state index is -0.489. The number of carbonyl (C=O) groups is 2. The highest BCUT2D eigenvalue weighted by molar-refractivity contribution is 5.83. The largest absolute Gasteiger partial charge is 0.354 e. The zero-order chi connectivity index (χ0) is 15.4. The van der Waals surface area contributed by atoms with Crippen LogP contribution >= 0.6 is 0 Å². The van der Waals surface area contributed by atoms with E-state index in [2.05, 4.69) is 10.6 Å². The summed E-state index contributed by atoms with van der Waals surface area (Å²) in [7, 11) is 5.93. The van der Waals surface area contributed by atoms with E-state index in [1.165, 1.54) is 28.4 Å². The third-order valence-corrected chi connectivity index (χ3v) is 2.56. The molecular weight excluding hydrogens is 268 g/mol. The second kappa shape index (κ2) is 11.6. The Morgan fingerprint density at radius 2 is 1.05 bits per heavy atom. The Hall–Kier alpha value is -1.22. The molecule has 0 heterocycles. The van der Waals surface area contributed by atoms with Gasteiger partial charge in [-0.25, -0.2) is 0 Å². The zero-order valence-electron chi connectivity index (χ0n) is 12.4. The van der Waals surface area contributed by atoms with Crippen LogP contribution < -0.4 is 10.6 Å². The van der Waals surface area contributed by atoms with Crippen LogP contribution in [0.2, 0.25) is 0 Å². The Morgan fingerprint density at radius 1 is 0.750 bits per heavy atom. The number of hydrogen-bond donors (Lipinski definition) is 2. The Bertz CT molecular complexity index is 251. The predicted octanol–water partition coefficient (Wildman–Crippen LogP) is -0.763. The fourth-order valence-electron chi connectivity index (χ4n) is 1.32. The third-order valence-electron chi connectivity index (χ3n) is 2.56. The number of methoxy groups -OCH3 is 4. The van der Waals surface area contributed by atoms with Gasteiger partial charge in [-0.3, -0.25) is 9.59 Å². The average molecular weight is 292 g/mol. The van der Waals surface area contributed by atoms with Gasteiger partial charge in [-0.2, -0.15) is 0 Å². The SMILES string of the molecule is COC(CNC(=O)CCC(=O)NCC(OC)OC)OC. The summed E-state index contributed by atoms with van der Waals surface area (Å²) < 4.78 is 19.7. The van der Waals surface area contributed by atoms with E-state index >= 15 is 0 Å². The van der Waals surface area contributed by atoms with Gasteiger partial charge in [0.25, 0.3) is 0 Å². The summed E-state index contributed by atoms with van der Waals surface area (Å²) in [5.74, 6) is -0.483. The van der Waals surface area contributed by atoms with Crippen LogP contribution in [-0.2, 0) is 28.5 Å². The molecule has 0 aromatic rings. The van der Waals surface area contributed by atoms with E-state index in [1.54, 1.807) is 0 Å². The summed E-state index contributed by atoms with van der Waals surface area (Å²) in [4.78, 5) is 23.0. The molecule has 0 aliphatic heterocycles. The van der Waals surface area contributed by atoms with Crippen molar-refractivity contribution in [1.29, 1.82) is 0 Å². The van der Waals surface area contributed by atoms with E-state index in [-0.39, 0.29) is 37.7 Å². The lowest BCUT2D eigenvalue weighted by molar-refractivity contribution is -0.132. The van der Waals surface area contributed by atoms with E-state index in [4.69, 9.17) is 18.9 Å². The van der Waals surface area contributed by atoms with Gasteiger partial charge in [0.1, 0.15) is 0 Å². The molecule has 2 N–H and O–H groups in total. The highest BCUT2D eigenvalue weighted by Gasteiger charge is 2.11. The van der Waals surface area contributed by atoms with E-state index in [0.717, 1.165) is 0 Å². The average Bonchev–Trinajstić information content (AvgIpc) is 2.47. The summed E-state index contributed by atoms with van der Waals surface area (Å²) in [6.07, 6.45) is -0.790. The number of rotatable bonds is 11. The Morgan fingerprint density at radius 3 is 1.30 bits per heavy atom. The topological polar surface area (TPSA) is 95.1 Å². The van der Waals surface area contributed by atoms with Crippen molar-refractivity contribution < 1.29 is 28.5 Å². The maximum absolute atomic E-state index is 11.5. The van der Waals surface area contributed by atoms with Crippen LogP contribution in [-0.4, -0.2) is 65.9 Å². The van der Waals surface area contributed by atoms with Crippen LogP contribution in [0, 0.1) is 0 Å². The lowest BCUT2D eigenvalue weighted by atomic mass is 10.3. The monoisotopic (exact) mass is 292 g/mol.